The molecule has 3 aliphatic rings. The van der Waals surface area contributed by atoms with Gasteiger partial charge in [-0.15, -0.1) is 0 Å². The van der Waals surface area contributed by atoms with Gasteiger partial charge in [-0.05, 0) is 35.4 Å². The molecule has 0 aromatic heterocycles. The number of rotatable bonds is 8. The van der Waals surface area contributed by atoms with Crippen LogP contribution < -0.4 is 18.9 Å². The standard InChI is InChI=1S/C30H28O12/c1-37-23(31)13-17(15-3-5-19-21(11-15)41-9-7-39-19)25-27(33)29(35)26(30(36)28(25)34)18(14-24(32)38-2)16-4-6-20-22(12-16)42-10-8-40-20/h3-6,11-12,17-18,33,36H,7-10,13-14H2,1-2H3/t17-,18-/m1/s1. The lowest BCUT2D eigenvalue weighted by Gasteiger charge is -2.28. The van der Waals surface area contributed by atoms with Gasteiger partial charge in [-0.3, -0.25) is 19.2 Å². The fourth-order valence-electron chi connectivity index (χ4n) is 5.19. The van der Waals surface area contributed by atoms with E-state index in [4.69, 9.17) is 28.4 Å². The summed E-state index contributed by atoms with van der Waals surface area (Å²) in [5.41, 5.74) is -0.326. The number of ketones is 2. The van der Waals surface area contributed by atoms with Crippen LogP contribution in [-0.4, -0.2) is 74.4 Å². The van der Waals surface area contributed by atoms with Crippen molar-refractivity contribution in [1.82, 2.24) is 0 Å². The summed E-state index contributed by atoms with van der Waals surface area (Å²) in [5.74, 6) is -6.37. The molecule has 0 amide bonds. The topological polar surface area (TPSA) is 164 Å². The Balaban J connectivity index is 1.58. The molecule has 0 saturated carbocycles. The third kappa shape index (κ3) is 5.35. The summed E-state index contributed by atoms with van der Waals surface area (Å²) in [7, 11) is 2.32. The first kappa shape index (κ1) is 28.5. The van der Waals surface area contributed by atoms with Crippen LogP contribution in [0.1, 0.15) is 35.8 Å². The fraction of sp³-hybridized carbons (Fsp3) is 0.333. The Kier molecular flexibility index (Phi) is 8.05. The van der Waals surface area contributed by atoms with Crippen LogP contribution in [0.4, 0.5) is 0 Å². The van der Waals surface area contributed by atoms with Crippen LogP contribution in [0.2, 0.25) is 0 Å². The van der Waals surface area contributed by atoms with E-state index in [0.717, 1.165) is 14.2 Å². The SMILES string of the molecule is COC(=O)C[C@@H](C1=C(O)C(=O)C([C@H](CC(=O)OC)c2ccc3c(c2)OCCO3)=C(O)C1=O)c1ccc2c(c1)OCCO2. The second-order valence-corrected chi connectivity index (χ2v) is 9.65. The zero-order valence-electron chi connectivity index (χ0n) is 22.8. The van der Waals surface area contributed by atoms with Gasteiger partial charge in [0.15, 0.2) is 34.5 Å². The van der Waals surface area contributed by atoms with Gasteiger partial charge in [-0.2, -0.15) is 0 Å². The maximum absolute atomic E-state index is 13.7. The van der Waals surface area contributed by atoms with Crippen LogP contribution in [0.5, 0.6) is 23.0 Å². The third-order valence-electron chi connectivity index (χ3n) is 7.26. The van der Waals surface area contributed by atoms with Crippen LogP contribution in [0.25, 0.3) is 0 Å². The van der Waals surface area contributed by atoms with Crippen molar-refractivity contribution in [1.29, 1.82) is 0 Å². The first-order valence-electron chi connectivity index (χ1n) is 13.1. The molecule has 0 fully saturated rings. The normalized spacial score (nSPS) is 17.5. The van der Waals surface area contributed by atoms with Crippen molar-refractivity contribution in [3.63, 3.8) is 0 Å². The molecule has 42 heavy (non-hydrogen) atoms. The van der Waals surface area contributed by atoms with Gasteiger partial charge in [-0.1, -0.05) is 12.1 Å². The number of carbonyl (C=O) groups is 4. The highest BCUT2D eigenvalue weighted by molar-refractivity contribution is 6.24. The first-order chi connectivity index (χ1) is 20.2. The molecule has 0 spiro atoms. The average Bonchev–Trinajstić information content (AvgIpc) is 3.02. The molecule has 2 heterocycles. The van der Waals surface area contributed by atoms with Gasteiger partial charge in [-0.25, -0.2) is 0 Å². The number of allylic oxidation sites excluding steroid dienone is 2. The summed E-state index contributed by atoms with van der Waals surface area (Å²) < 4.78 is 31.9. The van der Waals surface area contributed by atoms with E-state index in [1.165, 1.54) is 12.1 Å². The summed E-state index contributed by atoms with van der Waals surface area (Å²) in [4.78, 5) is 52.3. The Morgan fingerprint density at radius 1 is 0.667 bits per heavy atom. The highest BCUT2D eigenvalue weighted by atomic mass is 16.6. The summed E-state index contributed by atoms with van der Waals surface area (Å²) >= 11 is 0. The van der Waals surface area contributed by atoms with E-state index in [9.17, 15) is 29.4 Å². The molecule has 0 unspecified atom stereocenters. The van der Waals surface area contributed by atoms with E-state index in [-0.39, 0.29) is 13.2 Å². The maximum Gasteiger partial charge on any atom is 0.306 e. The van der Waals surface area contributed by atoms with Crippen LogP contribution in [-0.2, 0) is 28.7 Å². The molecule has 2 atom stereocenters. The van der Waals surface area contributed by atoms with Gasteiger partial charge < -0.3 is 38.6 Å². The van der Waals surface area contributed by atoms with Crippen molar-refractivity contribution in [3.8, 4) is 23.0 Å². The van der Waals surface area contributed by atoms with Gasteiger partial charge in [0.1, 0.15) is 26.4 Å². The van der Waals surface area contributed by atoms with Crippen molar-refractivity contribution < 1.29 is 57.8 Å². The molecule has 2 aliphatic heterocycles. The summed E-state index contributed by atoms with van der Waals surface area (Å²) in [6.45, 7) is 1.23. The molecule has 220 valence electrons. The lowest BCUT2D eigenvalue weighted by molar-refractivity contribution is -0.142. The highest BCUT2D eigenvalue weighted by Gasteiger charge is 2.43. The minimum Gasteiger partial charge on any atom is -0.504 e. The third-order valence-corrected chi connectivity index (χ3v) is 7.26. The average molecular weight is 581 g/mol. The van der Waals surface area contributed by atoms with Crippen molar-refractivity contribution in [3.05, 3.63) is 70.2 Å². The number of methoxy groups -OCH3 is 2. The molecule has 12 heteroatoms. The lowest BCUT2D eigenvalue weighted by atomic mass is 9.75. The second-order valence-electron chi connectivity index (χ2n) is 9.65. The number of hydrogen-bond acceptors (Lipinski definition) is 12. The van der Waals surface area contributed by atoms with Crippen molar-refractivity contribution in [2.45, 2.75) is 24.7 Å². The van der Waals surface area contributed by atoms with Crippen LogP contribution in [0.15, 0.2) is 59.1 Å². The zero-order valence-corrected chi connectivity index (χ0v) is 22.8. The molecule has 2 aromatic carbocycles. The zero-order chi connectivity index (χ0) is 30.0. The van der Waals surface area contributed by atoms with Crippen molar-refractivity contribution in [2.75, 3.05) is 40.6 Å². The van der Waals surface area contributed by atoms with Crippen molar-refractivity contribution in [2.24, 2.45) is 0 Å². The van der Waals surface area contributed by atoms with E-state index in [0.29, 0.717) is 47.3 Å². The molecular formula is C30H28O12. The van der Waals surface area contributed by atoms with Crippen LogP contribution in [0, 0.1) is 0 Å². The predicted octanol–water partition coefficient (Wildman–Crippen LogP) is 3.00. The Morgan fingerprint density at radius 3 is 1.38 bits per heavy atom. The van der Waals surface area contributed by atoms with E-state index >= 15 is 0 Å². The lowest BCUT2D eigenvalue weighted by Crippen LogP contribution is -2.31. The molecule has 2 N–H and O–H groups in total. The highest BCUT2D eigenvalue weighted by Crippen LogP contribution is 2.44. The number of aliphatic hydroxyl groups excluding tert-OH is 2. The van der Waals surface area contributed by atoms with Gasteiger partial charge in [0, 0.05) is 11.8 Å². The number of benzene rings is 2. The van der Waals surface area contributed by atoms with Gasteiger partial charge in [0.05, 0.1) is 38.2 Å². The molecule has 2 aromatic rings. The smallest absolute Gasteiger partial charge is 0.306 e. The molecule has 0 saturated heterocycles. The van der Waals surface area contributed by atoms with E-state index < -0.39 is 70.8 Å². The minimum atomic E-state index is -1.19. The second kappa shape index (κ2) is 11.9. The molecule has 12 nitrogen and oxygen atoms in total. The Labute approximate surface area is 240 Å². The van der Waals surface area contributed by atoms with Crippen LogP contribution in [0.3, 0.4) is 0 Å². The number of fused-ring (bicyclic) bond motifs is 2. The van der Waals surface area contributed by atoms with Gasteiger partial charge >= 0.3 is 11.9 Å². The number of Topliss-reactive ketones (excluding diaryl/α,β-unsaturated/α-hetero) is 2. The Bertz CT molecular complexity index is 1400. The van der Waals surface area contributed by atoms with Crippen molar-refractivity contribution >= 4 is 23.5 Å². The molecular weight excluding hydrogens is 552 g/mol. The quantitative estimate of drug-likeness (QED) is 0.347. The molecule has 0 radical (unpaired) electrons. The summed E-state index contributed by atoms with van der Waals surface area (Å²) in [6.07, 6.45) is -0.879. The monoisotopic (exact) mass is 580 g/mol. The Morgan fingerprint density at radius 2 is 1.02 bits per heavy atom. The number of esters is 2. The number of hydrogen-bond donors (Lipinski definition) is 2. The molecule has 1 aliphatic carbocycles. The van der Waals surface area contributed by atoms with Crippen LogP contribution >= 0.6 is 0 Å². The van der Waals surface area contributed by atoms with E-state index in [1.54, 1.807) is 24.3 Å². The molecule has 0 bridgehead atoms. The number of aliphatic hydroxyl groups is 2. The van der Waals surface area contributed by atoms with Gasteiger partial charge in [0.2, 0.25) is 11.6 Å². The van der Waals surface area contributed by atoms with E-state index in [2.05, 4.69) is 0 Å². The van der Waals surface area contributed by atoms with E-state index in [1.807, 2.05) is 0 Å². The maximum atomic E-state index is 13.7. The number of ether oxygens (including phenoxy) is 6. The number of carbonyl (C=O) groups excluding carboxylic acids is 4. The molecule has 5 rings (SSSR count). The predicted molar refractivity (Wildman–Crippen MR) is 143 cm³/mol. The summed E-state index contributed by atoms with van der Waals surface area (Å²) in [6, 6.07) is 9.35. The first-order valence-corrected chi connectivity index (χ1v) is 13.1. The fourth-order valence-corrected chi connectivity index (χ4v) is 5.19. The Hall–Kier alpha value is -5.00. The van der Waals surface area contributed by atoms with Gasteiger partial charge in [0.25, 0.3) is 0 Å². The summed E-state index contributed by atoms with van der Waals surface area (Å²) in [5, 5.41) is 22.5. The minimum absolute atomic E-state index is 0.276. The largest absolute Gasteiger partial charge is 0.504 e.